The van der Waals surface area contributed by atoms with Crippen LogP contribution in [0.15, 0.2) is 53.6 Å². The van der Waals surface area contributed by atoms with E-state index in [1.54, 1.807) is 13.1 Å². The summed E-state index contributed by atoms with van der Waals surface area (Å²) in [7, 11) is -3.69. The van der Waals surface area contributed by atoms with E-state index in [0.29, 0.717) is 51.7 Å². The zero-order valence-corrected chi connectivity index (χ0v) is 25.1. The number of esters is 1. The summed E-state index contributed by atoms with van der Waals surface area (Å²) in [5.41, 5.74) is 0.263. The van der Waals surface area contributed by atoms with Gasteiger partial charge in [-0.05, 0) is 56.9 Å². The van der Waals surface area contributed by atoms with E-state index in [9.17, 15) is 26.8 Å². The van der Waals surface area contributed by atoms with Crippen LogP contribution in [0.2, 0.25) is 0 Å². The van der Waals surface area contributed by atoms with Crippen molar-refractivity contribution < 1.29 is 36.3 Å². The first kappa shape index (κ1) is 30.8. The van der Waals surface area contributed by atoms with Crippen molar-refractivity contribution in [1.29, 1.82) is 0 Å². The molecule has 10 nitrogen and oxygen atoms in total. The van der Waals surface area contributed by atoms with Gasteiger partial charge < -0.3 is 14.4 Å². The van der Waals surface area contributed by atoms with Crippen molar-refractivity contribution in [3.8, 4) is 5.75 Å². The average molecular weight is 635 g/mol. The van der Waals surface area contributed by atoms with Crippen LogP contribution in [0.4, 0.5) is 18.9 Å². The highest BCUT2D eigenvalue weighted by Gasteiger charge is 2.30. The molecule has 1 N–H and O–H groups in total. The number of thiazole rings is 1. The van der Waals surface area contributed by atoms with E-state index in [2.05, 4.69) is 15.2 Å². The normalized spacial score (nSPS) is 17.0. The number of rotatable bonds is 10. The molecule has 1 unspecified atom stereocenters. The summed E-state index contributed by atoms with van der Waals surface area (Å²) < 4.78 is 66.2. The third kappa shape index (κ3) is 7.13. The number of nitrogens with zero attached hydrogens (tertiary/aromatic N) is 3. The van der Waals surface area contributed by atoms with E-state index in [1.165, 1.54) is 39.9 Å². The van der Waals surface area contributed by atoms with Crippen molar-refractivity contribution in [2.24, 2.45) is 5.92 Å². The molecular weight excluding hydrogens is 602 g/mol. The molecule has 1 aromatic heterocycles. The molecule has 0 radical (unpaired) electrons. The van der Waals surface area contributed by atoms with Crippen LogP contribution < -0.4 is 15.0 Å². The highest BCUT2D eigenvalue weighted by atomic mass is 32.2. The van der Waals surface area contributed by atoms with Gasteiger partial charge in [-0.15, -0.1) is 0 Å². The number of carbonyl (C=O) groups is 2. The van der Waals surface area contributed by atoms with Crippen molar-refractivity contribution in [2.75, 3.05) is 43.0 Å². The van der Waals surface area contributed by atoms with Crippen LogP contribution in [0.5, 0.6) is 5.75 Å². The second-order valence-corrected chi connectivity index (χ2v) is 13.2. The summed E-state index contributed by atoms with van der Waals surface area (Å²) in [6.45, 7) is 4.27. The van der Waals surface area contributed by atoms with Crippen LogP contribution in [0.1, 0.15) is 44.3 Å². The highest BCUT2D eigenvalue weighted by Crippen LogP contribution is 2.33. The quantitative estimate of drug-likeness (QED) is 0.318. The van der Waals surface area contributed by atoms with Gasteiger partial charge in [0, 0.05) is 37.8 Å². The zero-order valence-electron chi connectivity index (χ0n) is 23.5. The fraction of sp³-hybridized carbons (Fsp3) is 0.414. The standard InChI is InChI=1S/C29H32F2N4O6S2/c1-2-40-28(37)20-11-15-34(16-12-20)25-18-32-29(42-25)33-27(36)26(41-24-10-7-21(30)17-23(24)31)19-5-8-22(9-6-19)43(38,39)35-13-3-4-14-35/h5-10,17-18,20,26H,2-4,11-16H2,1H3,(H,32,33,36). The fourth-order valence-corrected chi connectivity index (χ4v) is 7.49. The van der Waals surface area contributed by atoms with Crippen LogP contribution in [-0.2, 0) is 24.3 Å². The number of amides is 1. The predicted molar refractivity (Wildman–Crippen MR) is 156 cm³/mol. The smallest absolute Gasteiger partial charge is 0.309 e. The summed E-state index contributed by atoms with van der Waals surface area (Å²) >= 11 is 1.23. The highest BCUT2D eigenvalue weighted by molar-refractivity contribution is 7.89. The van der Waals surface area contributed by atoms with Gasteiger partial charge in [-0.25, -0.2) is 22.2 Å². The van der Waals surface area contributed by atoms with Crippen LogP contribution in [0, 0.1) is 17.6 Å². The molecule has 2 aliphatic heterocycles. The molecule has 14 heteroatoms. The van der Waals surface area contributed by atoms with Gasteiger partial charge in [0.2, 0.25) is 16.1 Å². The number of piperidine rings is 1. The number of ether oxygens (including phenoxy) is 2. The Morgan fingerprint density at radius 2 is 1.77 bits per heavy atom. The largest absolute Gasteiger partial charge is 0.473 e. The number of nitrogens with one attached hydrogen (secondary N) is 1. The summed E-state index contributed by atoms with van der Waals surface area (Å²) in [6, 6.07) is 8.39. The van der Waals surface area contributed by atoms with Crippen molar-refractivity contribution in [3.63, 3.8) is 0 Å². The third-order valence-electron chi connectivity index (χ3n) is 7.41. The molecule has 1 amide bonds. The van der Waals surface area contributed by atoms with Gasteiger partial charge in [0.1, 0.15) is 10.8 Å². The van der Waals surface area contributed by atoms with Gasteiger partial charge in [-0.1, -0.05) is 23.5 Å². The minimum absolute atomic E-state index is 0.0709. The predicted octanol–water partition coefficient (Wildman–Crippen LogP) is 4.74. The lowest BCUT2D eigenvalue weighted by Gasteiger charge is -2.31. The van der Waals surface area contributed by atoms with Crippen LogP contribution >= 0.6 is 11.3 Å². The molecular formula is C29H32F2N4O6S2. The van der Waals surface area contributed by atoms with Crippen molar-refractivity contribution >= 4 is 43.4 Å². The Hall–Kier alpha value is -3.62. The number of sulfonamides is 1. The Balaban J connectivity index is 1.32. The second kappa shape index (κ2) is 13.3. The molecule has 3 heterocycles. The molecule has 43 heavy (non-hydrogen) atoms. The fourth-order valence-electron chi connectivity index (χ4n) is 5.10. The average Bonchev–Trinajstić information content (AvgIpc) is 3.71. The van der Waals surface area contributed by atoms with Crippen molar-refractivity contribution in [3.05, 3.63) is 65.9 Å². The van der Waals surface area contributed by atoms with Gasteiger partial charge in [0.15, 0.2) is 16.7 Å². The first-order valence-electron chi connectivity index (χ1n) is 14.1. The van der Waals surface area contributed by atoms with E-state index in [-0.39, 0.29) is 33.2 Å². The van der Waals surface area contributed by atoms with E-state index < -0.39 is 33.7 Å². The molecule has 1 atom stereocenters. The Kier molecular flexibility index (Phi) is 9.57. The molecule has 5 rings (SSSR count). The first-order chi connectivity index (χ1) is 20.7. The maximum Gasteiger partial charge on any atom is 0.309 e. The summed E-state index contributed by atoms with van der Waals surface area (Å²) in [5, 5.41) is 3.78. The lowest BCUT2D eigenvalue weighted by molar-refractivity contribution is -0.148. The summed E-state index contributed by atoms with van der Waals surface area (Å²) in [6.07, 6.45) is 3.08. The van der Waals surface area contributed by atoms with Crippen LogP contribution in [-0.4, -0.2) is 62.4 Å². The number of benzene rings is 2. The molecule has 3 aromatic rings. The molecule has 2 aliphatic rings. The second-order valence-electron chi connectivity index (χ2n) is 10.3. The monoisotopic (exact) mass is 634 g/mol. The molecule has 230 valence electrons. The maximum atomic E-state index is 14.5. The van der Waals surface area contributed by atoms with Gasteiger partial charge in [-0.3, -0.25) is 14.9 Å². The van der Waals surface area contributed by atoms with Crippen molar-refractivity contribution in [2.45, 2.75) is 43.6 Å². The molecule has 0 aliphatic carbocycles. The number of hydrogen-bond acceptors (Lipinski definition) is 9. The Labute approximate surface area is 252 Å². The first-order valence-corrected chi connectivity index (χ1v) is 16.3. The summed E-state index contributed by atoms with van der Waals surface area (Å²) in [4.78, 5) is 32.0. The zero-order chi connectivity index (χ0) is 30.6. The minimum atomic E-state index is -3.69. The van der Waals surface area contributed by atoms with Crippen molar-refractivity contribution in [1.82, 2.24) is 9.29 Å². The van der Waals surface area contributed by atoms with E-state index in [4.69, 9.17) is 9.47 Å². The number of anilines is 2. The van der Waals surface area contributed by atoms with Gasteiger partial charge in [0.25, 0.3) is 5.91 Å². The number of carbonyl (C=O) groups excluding carboxylic acids is 2. The van der Waals surface area contributed by atoms with E-state index >= 15 is 0 Å². The Morgan fingerprint density at radius 3 is 2.42 bits per heavy atom. The third-order valence-corrected chi connectivity index (χ3v) is 10.3. The van der Waals surface area contributed by atoms with Gasteiger partial charge in [-0.2, -0.15) is 4.31 Å². The molecule has 2 aromatic carbocycles. The Bertz CT molecular complexity index is 1550. The van der Waals surface area contributed by atoms with E-state index in [0.717, 1.165) is 30.0 Å². The number of hydrogen-bond donors (Lipinski definition) is 1. The molecule has 0 bridgehead atoms. The molecule has 2 saturated heterocycles. The molecule has 0 spiro atoms. The lowest BCUT2D eigenvalue weighted by Crippen LogP contribution is -2.36. The number of aromatic nitrogens is 1. The maximum absolute atomic E-state index is 14.5. The van der Waals surface area contributed by atoms with Crippen LogP contribution in [0.3, 0.4) is 0 Å². The van der Waals surface area contributed by atoms with Crippen LogP contribution in [0.25, 0.3) is 0 Å². The van der Waals surface area contributed by atoms with Gasteiger partial charge >= 0.3 is 5.97 Å². The molecule has 0 saturated carbocycles. The number of halogens is 2. The lowest BCUT2D eigenvalue weighted by atomic mass is 9.97. The minimum Gasteiger partial charge on any atom is -0.473 e. The van der Waals surface area contributed by atoms with Gasteiger partial charge in [0.05, 0.1) is 23.6 Å². The van der Waals surface area contributed by atoms with E-state index in [1.807, 2.05) is 0 Å². The molecule has 2 fully saturated rings. The topological polar surface area (TPSA) is 118 Å². The Morgan fingerprint density at radius 1 is 1.07 bits per heavy atom. The summed E-state index contributed by atoms with van der Waals surface area (Å²) in [5.74, 6) is -3.16. The SMILES string of the molecule is CCOC(=O)C1CCN(c2cnc(NC(=O)C(Oc3ccc(F)cc3F)c3ccc(S(=O)(=O)N4CCCC4)cc3)s2)CC1.